The molecule has 0 saturated heterocycles. The number of unbranched alkanes of at least 4 members (excludes halogenated alkanes) is 1. The van der Waals surface area contributed by atoms with E-state index in [4.69, 9.17) is 4.74 Å². The van der Waals surface area contributed by atoms with Crippen LogP contribution in [0.1, 0.15) is 33.6 Å². The average Bonchev–Trinajstić information content (AvgIpc) is 2.05. The van der Waals surface area contributed by atoms with Crippen molar-refractivity contribution in [2.75, 3.05) is 6.61 Å². The highest BCUT2D eigenvalue weighted by molar-refractivity contribution is 5.77. The van der Waals surface area contributed by atoms with Crippen LogP contribution in [0.4, 0.5) is 0 Å². The van der Waals surface area contributed by atoms with E-state index in [0.29, 0.717) is 6.61 Å². The predicted octanol–water partition coefficient (Wildman–Crippen LogP) is 2.54. The van der Waals surface area contributed by atoms with Gasteiger partial charge in [-0.15, -0.1) is 6.58 Å². The van der Waals surface area contributed by atoms with E-state index >= 15 is 0 Å². The second-order valence-corrected chi connectivity index (χ2v) is 3.42. The van der Waals surface area contributed by atoms with E-state index in [1.807, 2.05) is 0 Å². The van der Waals surface area contributed by atoms with Gasteiger partial charge in [-0.2, -0.15) is 0 Å². The molecule has 0 unspecified atom stereocenters. The van der Waals surface area contributed by atoms with Crippen LogP contribution in [0.5, 0.6) is 0 Å². The lowest BCUT2D eigenvalue weighted by Gasteiger charge is -2.17. The van der Waals surface area contributed by atoms with Crippen LogP contribution in [0.3, 0.4) is 0 Å². The van der Waals surface area contributed by atoms with Gasteiger partial charge < -0.3 is 4.74 Å². The van der Waals surface area contributed by atoms with E-state index in [9.17, 15) is 4.79 Å². The molecule has 2 nitrogen and oxygen atoms in total. The Morgan fingerprint density at radius 1 is 1.58 bits per heavy atom. The van der Waals surface area contributed by atoms with Gasteiger partial charge in [0.25, 0.3) is 0 Å². The molecule has 0 amide bonds. The topological polar surface area (TPSA) is 26.3 Å². The molecule has 0 rings (SSSR count). The van der Waals surface area contributed by atoms with Crippen LogP contribution in [0.2, 0.25) is 0 Å². The number of esters is 1. The van der Waals surface area contributed by atoms with Crippen molar-refractivity contribution in [2.45, 2.75) is 33.6 Å². The fraction of sp³-hybridized carbons (Fsp3) is 0.700. The summed E-state index contributed by atoms with van der Waals surface area (Å²) < 4.78 is 5.03. The van der Waals surface area contributed by atoms with Crippen LogP contribution in [-0.2, 0) is 9.53 Å². The lowest BCUT2D eigenvalue weighted by molar-refractivity contribution is -0.151. The van der Waals surface area contributed by atoms with Gasteiger partial charge in [0.15, 0.2) is 0 Å². The summed E-state index contributed by atoms with van der Waals surface area (Å²) in [7, 11) is 0. The molecule has 12 heavy (non-hydrogen) atoms. The number of carbonyl (C=O) groups is 1. The summed E-state index contributed by atoms with van der Waals surface area (Å²) in [5.41, 5.74) is -0.548. The standard InChI is InChI=1S/C10H18O2/c1-5-7-8-12-9(11)10(3,4)6-2/h6H,2,5,7-8H2,1,3-4H3. The van der Waals surface area contributed by atoms with Crippen molar-refractivity contribution in [1.82, 2.24) is 0 Å². The van der Waals surface area contributed by atoms with Gasteiger partial charge in [-0.05, 0) is 20.3 Å². The van der Waals surface area contributed by atoms with Crippen molar-refractivity contribution in [3.8, 4) is 0 Å². The molecular formula is C10H18O2. The molecule has 0 radical (unpaired) electrons. The normalized spacial score (nSPS) is 10.9. The quantitative estimate of drug-likeness (QED) is 0.360. The number of ether oxygens (including phenoxy) is 1. The summed E-state index contributed by atoms with van der Waals surface area (Å²) in [4.78, 5) is 11.3. The van der Waals surface area contributed by atoms with Crippen LogP contribution in [0.25, 0.3) is 0 Å². The second-order valence-electron chi connectivity index (χ2n) is 3.42. The number of carbonyl (C=O) groups excluding carboxylic acids is 1. The van der Waals surface area contributed by atoms with Gasteiger partial charge in [0.05, 0.1) is 12.0 Å². The van der Waals surface area contributed by atoms with Crippen molar-refractivity contribution >= 4 is 5.97 Å². The predicted molar refractivity (Wildman–Crippen MR) is 49.8 cm³/mol. The molecular weight excluding hydrogens is 152 g/mol. The van der Waals surface area contributed by atoms with Crippen LogP contribution in [0.15, 0.2) is 12.7 Å². The molecule has 0 saturated carbocycles. The summed E-state index contributed by atoms with van der Waals surface area (Å²) in [6.45, 7) is 9.76. The fourth-order valence-corrected chi connectivity index (χ4v) is 0.579. The van der Waals surface area contributed by atoms with E-state index in [1.165, 1.54) is 0 Å². The zero-order valence-corrected chi connectivity index (χ0v) is 8.22. The maximum Gasteiger partial charge on any atom is 0.315 e. The van der Waals surface area contributed by atoms with Gasteiger partial charge in [0.1, 0.15) is 0 Å². The third-order valence-corrected chi connectivity index (χ3v) is 1.77. The van der Waals surface area contributed by atoms with Crippen LogP contribution < -0.4 is 0 Å². The van der Waals surface area contributed by atoms with Crippen LogP contribution in [-0.4, -0.2) is 12.6 Å². The molecule has 0 aliphatic heterocycles. The molecule has 0 aliphatic carbocycles. The fourth-order valence-electron chi connectivity index (χ4n) is 0.579. The van der Waals surface area contributed by atoms with Crippen molar-refractivity contribution in [3.05, 3.63) is 12.7 Å². The zero-order valence-electron chi connectivity index (χ0n) is 8.22. The maximum atomic E-state index is 11.3. The summed E-state index contributed by atoms with van der Waals surface area (Å²) in [5, 5.41) is 0. The lowest BCUT2D eigenvalue weighted by atomic mass is 9.94. The first-order chi connectivity index (χ1) is 5.54. The largest absolute Gasteiger partial charge is 0.465 e. The molecule has 2 heteroatoms. The molecule has 0 fully saturated rings. The highest BCUT2D eigenvalue weighted by Crippen LogP contribution is 2.18. The first kappa shape index (κ1) is 11.2. The number of hydrogen-bond acceptors (Lipinski definition) is 2. The third-order valence-electron chi connectivity index (χ3n) is 1.77. The van der Waals surface area contributed by atoms with Crippen molar-refractivity contribution in [3.63, 3.8) is 0 Å². The molecule has 0 aromatic carbocycles. The molecule has 0 aromatic rings. The highest BCUT2D eigenvalue weighted by Gasteiger charge is 2.24. The first-order valence-corrected chi connectivity index (χ1v) is 4.35. The Morgan fingerprint density at radius 3 is 2.58 bits per heavy atom. The van der Waals surface area contributed by atoms with Gasteiger partial charge in [-0.3, -0.25) is 4.79 Å². The smallest absolute Gasteiger partial charge is 0.315 e. The molecule has 70 valence electrons. The van der Waals surface area contributed by atoms with Gasteiger partial charge in [0, 0.05) is 0 Å². The maximum absolute atomic E-state index is 11.3. The van der Waals surface area contributed by atoms with Crippen LogP contribution >= 0.6 is 0 Å². The Morgan fingerprint density at radius 2 is 2.17 bits per heavy atom. The number of hydrogen-bond donors (Lipinski definition) is 0. The molecule has 0 atom stereocenters. The van der Waals surface area contributed by atoms with Gasteiger partial charge in [-0.25, -0.2) is 0 Å². The minimum absolute atomic E-state index is 0.189. The average molecular weight is 170 g/mol. The van der Waals surface area contributed by atoms with Gasteiger partial charge in [-0.1, -0.05) is 19.4 Å². The van der Waals surface area contributed by atoms with Crippen molar-refractivity contribution in [2.24, 2.45) is 5.41 Å². The van der Waals surface area contributed by atoms with Gasteiger partial charge in [0.2, 0.25) is 0 Å². The Balaban J connectivity index is 3.79. The SMILES string of the molecule is C=CC(C)(C)C(=O)OCCCC. The second kappa shape index (κ2) is 4.96. The molecule has 0 aromatic heterocycles. The Kier molecular flexibility index (Phi) is 4.64. The molecule has 0 spiro atoms. The van der Waals surface area contributed by atoms with E-state index in [1.54, 1.807) is 19.9 Å². The summed E-state index contributed by atoms with van der Waals surface area (Å²) >= 11 is 0. The Hall–Kier alpha value is -0.790. The zero-order chi connectivity index (χ0) is 9.61. The molecule has 0 N–H and O–H groups in total. The third kappa shape index (κ3) is 3.56. The Labute approximate surface area is 74.6 Å². The minimum atomic E-state index is -0.548. The highest BCUT2D eigenvalue weighted by atomic mass is 16.5. The first-order valence-electron chi connectivity index (χ1n) is 4.35. The van der Waals surface area contributed by atoms with Crippen LogP contribution in [0, 0.1) is 5.41 Å². The summed E-state index contributed by atoms with van der Waals surface area (Å²) in [6.07, 6.45) is 3.59. The minimum Gasteiger partial charge on any atom is -0.465 e. The van der Waals surface area contributed by atoms with E-state index in [2.05, 4.69) is 13.5 Å². The van der Waals surface area contributed by atoms with E-state index in [0.717, 1.165) is 12.8 Å². The monoisotopic (exact) mass is 170 g/mol. The van der Waals surface area contributed by atoms with E-state index in [-0.39, 0.29) is 5.97 Å². The summed E-state index contributed by atoms with van der Waals surface area (Å²) in [5.74, 6) is -0.189. The van der Waals surface area contributed by atoms with Gasteiger partial charge >= 0.3 is 5.97 Å². The molecule has 0 aliphatic rings. The molecule has 0 heterocycles. The van der Waals surface area contributed by atoms with E-state index < -0.39 is 5.41 Å². The number of rotatable bonds is 5. The van der Waals surface area contributed by atoms with Crippen molar-refractivity contribution in [1.29, 1.82) is 0 Å². The Bertz CT molecular complexity index is 159. The molecule has 0 bridgehead atoms. The lowest BCUT2D eigenvalue weighted by Crippen LogP contribution is -2.24. The summed E-state index contributed by atoms with van der Waals surface area (Å²) in [6, 6.07) is 0. The van der Waals surface area contributed by atoms with Crippen molar-refractivity contribution < 1.29 is 9.53 Å².